The zero-order valence-corrected chi connectivity index (χ0v) is 28.0. The van der Waals surface area contributed by atoms with Crippen LogP contribution < -0.4 is 5.73 Å². The lowest BCUT2D eigenvalue weighted by molar-refractivity contribution is 0.0691. The second kappa shape index (κ2) is 17.1. The second-order valence-corrected chi connectivity index (χ2v) is 13.0. The Balaban J connectivity index is 0.000000250. The first-order valence-corrected chi connectivity index (χ1v) is 16.9. The Hall–Kier alpha value is -3.94. The monoisotopic (exact) mass is 635 g/mol. The van der Waals surface area contributed by atoms with Gasteiger partial charge in [-0.15, -0.1) is 0 Å². The van der Waals surface area contributed by atoms with Crippen LogP contribution in [0.4, 0.5) is 0 Å². The van der Waals surface area contributed by atoms with E-state index in [9.17, 15) is 35.1 Å². The predicted octanol–water partition coefficient (Wildman–Crippen LogP) is 8.89. The Labute approximate surface area is 273 Å². The molecule has 0 aromatic heterocycles. The number of phenolic OH excluding ortho intramolecular Hbond substituents is 2. The summed E-state index contributed by atoms with van der Waals surface area (Å²) >= 11 is 0. The molecule has 2 aliphatic carbocycles. The lowest BCUT2D eigenvalue weighted by atomic mass is 9.83. The van der Waals surface area contributed by atoms with Gasteiger partial charge in [-0.1, -0.05) is 62.8 Å². The molecule has 2 aromatic rings. The van der Waals surface area contributed by atoms with Crippen molar-refractivity contribution in [3.8, 4) is 23.0 Å². The van der Waals surface area contributed by atoms with E-state index in [1.807, 2.05) is 19.9 Å². The van der Waals surface area contributed by atoms with Gasteiger partial charge in [-0.05, 0) is 101 Å². The Bertz CT molecular complexity index is 1350. The lowest BCUT2D eigenvalue weighted by Gasteiger charge is -2.23. The number of benzene rings is 2. The maximum absolute atomic E-state index is 11.9. The van der Waals surface area contributed by atoms with Crippen LogP contribution in [-0.4, -0.2) is 37.4 Å². The van der Waals surface area contributed by atoms with Crippen LogP contribution in [0, 0.1) is 0 Å². The number of allylic oxidation sites excluding steroid dienone is 4. The highest BCUT2D eigenvalue weighted by atomic mass is 16.4. The molecule has 0 saturated heterocycles. The average Bonchev–Trinajstić information content (AvgIpc) is 2.97. The van der Waals surface area contributed by atoms with Crippen LogP contribution >= 0.6 is 0 Å². The fourth-order valence-electron chi connectivity index (χ4n) is 6.89. The van der Waals surface area contributed by atoms with E-state index >= 15 is 0 Å². The highest BCUT2D eigenvalue weighted by Gasteiger charge is 2.28. The van der Waals surface area contributed by atoms with Gasteiger partial charge in [-0.3, -0.25) is 4.79 Å². The van der Waals surface area contributed by atoms with E-state index in [4.69, 9.17) is 5.73 Å². The van der Waals surface area contributed by atoms with Crippen molar-refractivity contribution in [1.82, 2.24) is 0 Å². The molecule has 4 rings (SSSR count). The number of hydrogen-bond acceptors (Lipinski definition) is 6. The van der Waals surface area contributed by atoms with Crippen LogP contribution in [-0.2, 0) is 12.8 Å². The summed E-state index contributed by atoms with van der Waals surface area (Å²) < 4.78 is 0. The summed E-state index contributed by atoms with van der Waals surface area (Å²) in [5, 5.41) is 51.5. The quantitative estimate of drug-likeness (QED) is 0.100. The van der Waals surface area contributed by atoms with Gasteiger partial charge in [0.1, 0.15) is 28.6 Å². The maximum Gasteiger partial charge on any atom is 0.339 e. The molecule has 8 heteroatoms. The molecule has 2 aliphatic rings. The standard InChI is InChI=1S/C19H27NO3.C19H26O4/c1-3-4-5-8-14-11-15(21)16(18(22)17(14)19(20)23)13-9-6-7-12(2)10-13;1-3-4-5-8-14-11-15(20)16(18(21)17(14)19(22)23)13-9-6-7-12(2)10-13/h10-11,13,21-22H,3-9H2,1-2H3,(H2,20,23);10-11,13,20-21H,3-9H2,1-2H3,(H,22,23). The van der Waals surface area contributed by atoms with Crippen molar-refractivity contribution in [2.45, 2.75) is 129 Å². The van der Waals surface area contributed by atoms with Gasteiger partial charge in [-0.2, -0.15) is 0 Å². The Morgan fingerprint density at radius 3 is 1.50 bits per heavy atom. The summed E-state index contributed by atoms with van der Waals surface area (Å²) in [6.07, 6.45) is 16.9. The second-order valence-electron chi connectivity index (χ2n) is 13.0. The van der Waals surface area contributed by atoms with Gasteiger partial charge in [0, 0.05) is 23.0 Å². The number of unbranched alkanes of at least 4 members (excludes halogenated alkanes) is 4. The summed E-state index contributed by atoms with van der Waals surface area (Å²) in [5.41, 5.74) is 10.0. The smallest absolute Gasteiger partial charge is 0.339 e. The van der Waals surface area contributed by atoms with E-state index in [0.29, 0.717) is 35.1 Å². The minimum absolute atomic E-state index is 0.00921. The van der Waals surface area contributed by atoms with Crippen LogP contribution in [0.2, 0.25) is 0 Å². The van der Waals surface area contributed by atoms with Gasteiger partial charge in [-0.25, -0.2) is 4.79 Å². The molecule has 1 amide bonds. The molecule has 0 saturated carbocycles. The molecule has 2 atom stereocenters. The van der Waals surface area contributed by atoms with E-state index in [2.05, 4.69) is 19.9 Å². The molecular weight excluding hydrogens is 582 g/mol. The first-order valence-electron chi connectivity index (χ1n) is 16.9. The number of amides is 1. The number of hydrogen-bond donors (Lipinski definition) is 6. The molecule has 7 N–H and O–H groups in total. The number of aromatic hydroxyl groups is 4. The van der Waals surface area contributed by atoms with Crippen molar-refractivity contribution < 1.29 is 35.1 Å². The molecule has 252 valence electrons. The minimum atomic E-state index is -1.13. The number of primary amides is 1. The van der Waals surface area contributed by atoms with Gasteiger partial charge in [0.05, 0.1) is 5.56 Å². The van der Waals surface area contributed by atoms with Crippen LogP contribution in [0.5, 0.6) is 23.0 Å². The molecule has 46 heavy (non-hydrogen) atoms. The number of aryl methyl sites for hydroxylation is 2. The molecule has 2 unspecified atom stereocenters. The third-order valence-corrected chi connectivity index (χ3v) is 9.24. The van der Waals surface area contributed by atoms with E-state index < -0.39 is 11.9 Å². The van der Waals surface area contributed by atoms with Crippen LogP contribution in [0.15, 0.2) is 35.4 Å². The zero-order chi connectivity index (χ0) is 34.0. The van der Waals surface area contributed by atoms with Crippen LogP contribution in [0.3, 0.4) is 0 Å². The molecule has 2 aromatic carbocycles. The maximum atomic E-state index is 11.9. The van der Waals surface area contributed by atoms with Crippen molar-refractivity contribution in [3.05, 3.63) is 68.8 Å². The highest BCUT2D eigenvalue weighted by Crippen LogP contribution is 2.45. The van der Waals surface area contributed by atoms with E-state index in [0.717, 1.165) is 77.0 Å². The Morgan fingerprint density at radius 2 is 1.13 bits per heavy atom. The van der Waals surface area contributed by atoms with Gasteiger partial charge >= 0.3 is 5.97 Å². The fourth-order valence-corrected chi connectivity index (χ4v) is 6.89. The number of aromatic carboxylic acids is 1. The van der Waals surface area contributed by atoms with Crippen LogP contribution in [0.1, 0.15) is 160 Å². The largest absolute Gasteiger partial charge is 0.507 e. The van der Waals surface area contributed by atoms with Gasteiger partial charge < -0.3 is 31.3 Å². The van der Waals surface area contributed by atoms with Crippen molar-refractivity contribution >= 4 is 11.9 Å². The number of phenols is 4. The van der Waals surface area contributed by atoms with Crippen molar-refractivity contribution in [3.63, 3.8) is 0 Å². The molecule has 0 fully saturated rings. The number of carbonyl (C=O) groups excluding carboxylic acids is 1. The first-order chi connectivity index (χ1) is 21.9. The highest BCUT2D eigenvalue weighted by molar-refractivity contribution is 5.98. The SMILES string of the molecule is CCCCCc1cc(O)c(C2C=C(C)CCC2)c(O)c1C(=O)O.CCCCCc1cc(O)c(C2C=C(C)CCC2)c(O)c1C(N)=O. The third kappa shape index (κ3) is 9.08. The third-order valence-electron chi connectivity index (χ3n) is 9.24. The molecule has 0 bridgehead atoms. The van der Waals surface area contributed by atoms with Gasteiger partial charge in [0.2, 0.25) is 0 Å². The average molecular weight is 636 g/mol. The summed E-state index contributed by atoms with van der Waals surface area (Å²) in [7, 11) is 0. The molecule has 0 radical (unpaired) electrons. The van der Waals surface area contributed by atoms with Crippen molar-refractivity contribution in [2.24, 2.45) is 5.73 Å². The van der Waals surface area contributed by atoms with Gasteiger partial charge in [0.25, 0.3) is 5.91 Å². The number of carboxylic acids is 1. The van der Waals surface area contributed by atoms with Gasteiger partial charge in [0.15, 0.2) is 0 Å². The topological polar surface area (TPSA) is 161 Å². The Morgan fingerprint density at radius 1 is 0.717 bits per heavy atom. The minimum Gasteiger partial charge on any atom is -0.507 e. The molecule has 0 heterocycles. The first kappa shape index (κ1) is 36.5. The number of carboxylic acid groups (broad SMARTS) is 1. The van der Waals surface area contributed by atoms with E-state index in [1.165, 1.54) is 17.2 Å². The van der Waals surface area contributed by atoms with E-state index in [-0.39, 0.29) is 46.0 Å². The normalized spacial score (nSPS) is 17.8. The summed E-state index contributed by atoms with van der Waals surface area (Å²) in [6.45, 7) is 8.25. The van der Waals surface area contributed by atoms with Crippen molar-refractivity contribution in [2.75, 3.05) is 0 Å². The summed E-state index contributed by atoms with van der Waals surface area (Å²) in [5.74, 6) is -2.28. The lowest BCUT2D eigenvalue weighted by Crippen LogP contribution is -2.16. The number of nitrogens with two attached hydrogens (primary N) is 1. The van der Waals surface area contributed by atoms with E-state index in [1.54, 1.807) is 6.07 Å². The fraction of sp³-hybridized carbons (Fsp3) is 0.526. The van der Waals surface area contributed by atoms with Crippen LogP contribution in [0.25, 0.3) is 0 Å². The number of rotatable bonds is 12. The Kier molecular flexibility index (Phi) is 13.6. The molecule has 0 aliphatic heterocycles. The molecular formula is C38H53NO7. The molecule has 0 spiro atoms. The van der Waals surface area contributed by atoms with Crippen molar-refractivity contribution in [1.29, 1.82) is 0 Å². The zero-order valence-electron chi connectivity index (χ0n) is 28.0. The predicted molar refractivity (Wildman–Crippen MR) is 182 cm³/mol. The number of carbonyl (C=O) groups is 2. The molecule has 8 nitrogen and oxygen atoms in total. The summed E-state index contributed by atoms with van der Waals surface area (Å²) in [6, 6.07) is 3.15. The summed E-state index contributed by atoms with van der Waals surface area (Å²) in [4.78, 5) is 23.5.